The molecule has 0 bridgehead atoms. The van der Waals surface area contributed by atoms with Gasteiger partial charge in [-0.1, -0.05) is 31.9 Å². The van der Waals surface area contributed by atoms with Gasteiger partial charge in [-0.15, -0.1) is 0 Å². The molecule has 0 aliphatic rings. The first-order chi connectivity index (χ1) is 6.74. The van der Waals surface area contributed by atoms with Gasteiger partial charge in [0, 0.05) is 12.1 Å². The van der Waals surface area contributed by atoms with Crippen molar-refractivity contribution in [2.45, 2.75) is 26.2 Å². The third-order valence-electron chi connectivity index (χ3n) is 1.99. The molecule has 3 heteroatoms. The molecule has 0 atom stereocenters. The Morgan fingerprint density at radius 1 is 1.50 bits per heavy atom. The average molecular weight is 192 g/mol. The van der Waals surface area contributed by atoms with E-state index in [1.807, 2.05) is 6.07 Å². The maximum absolute atomic E-state index is 10.5. The Bertz CT molecular complexity index is 310. The molecule has 0 heterocycles. The summed E-state index contributed by atoms with van der Waals surface area (Å²) >= 11 is 0. The van der Waals surface area contributed by atoms with E-state index in [-0.39, 0.29) is 10.6 Å². The van der Waals surface area contributed by atoms with Gasteiger partial charge in [0.15, 0.2) is 0 Å². The van der Waals surface area contributed by atoms with Crippen LogP contribution >= 0.6 is 0 Å². The van der Waals surface area contributed by atoms with Gasteiger partial charge < -0.3 is 0 Å². The molecule has 75 valence electrons. The summed E-state index contributed by atoms with van der Waals surface area (Å²) < 4.78 is 0. The van der Waals surface area contributed by atoms with Gasteiger partial charge in [0.1, 0.15) is 0 Å². The van der Waals surface area contributed by atoms with Crippen LogP contribution in [0.2, 0.25) is 0 Å². The molecule has 0 aliphatic heterocycles. The van der Waals surface area contributed by atoms with Gasteiger partial charge in [-0.05, 0) is 18.4 Å². The van der Waals surface area contributed by atoms with Gasteiger partial charge in [0.05, 0.1) is 4.92 Å². The topological polar surface area (TPSA) is 43.1 Å². The standard InChI is InChI=1S/C11H14NO2/c1-2-3-4-6-10-7-5-8-11(9-10)12(13)14/h4-5,7-9H,2-3,6H2,1H3. The van der Waals surface area contributed by atoms with Crippen molar-refractivity contribution >= 4 is 5.69 Å². The molecule has 0 fully saturated rings. The number of rotatable bonds is 5. The molecule has 0 spiro atoms. The molecule has 0 aliphatic carbocycles. The highest BCUT2D eigenvalue weighted by Crippen LogP contribution is 2.14. The van der Waals surface area contributed by atoms with E-state index >= 15 is 0 Å². The minimum absolute atomic E-state index is 0.174. The molecule has 14 heavy (non-hydrogen) atoms. The van der Waals surface area contributed by atoms with E-state index in [2.05, 4.69) is 13.3 Å². The zero-order chi connectivity index (χ0) is 10.4. The van der Waals surface area contributed by atoms with E-state index in [9.17, 15) is 10.1 Å². The summed E-state index contributed by atoms with van der Waals surface area (Å²) in [6.07, 6.45) is 5.15. The number of hydrogen-bond acceptors (Lipinski definition) is 2. The molecular weight excluding hydrogens is 178 g/mol. The SMILES string of the molecule is CCC[CH]Cc1cccc([N+](=O)[O-])c1. The molecule has 0 unspecified atom stereocenters. The number of unbranched alkanes of at least 4 members (excludes halogenated alkanes) is 2. The predicted octanol–water partition coefficient (Wildman–Crippen LogP) is 3.14. The van der Waals surface area contributed by atoms with Crippen molar-refractivity contribution in [3.8, 4) is 0 Å². The smallest absolute Gasteiger partial charge is 0.258 e. The second kappa shape index (κ2) is 5.37. The van der Waals surface area contributed by atoms with Crippen LogP contribution in [-0.2, 0) is 6.42 Å². The lowest BCUT2D eigenvalue weighted by molar-refractivity contribution is -0.384. The van der Waals surface area contributed by atoms with Crippen molar-refractivity contribution in [1.29, 1.82) is 0 Å². The van der Waals surface area contributed by atoms with Crippen molar-refractivity contribution in [3.63, 3.8) is 0 Å². The fraction of sp³-hybridized carbons (Fsp3) is 0.364. The molecule has 3 nitrogen and oxygen atoms in total. The van der Waals surface area contributed by atoms with Crippen LogP contribution in [0.25, 0.3) is 0 Å². The lowest BCUT2D eigenvalue weighted by Gasteiger charge is -1.99. The number of nitro benzene ring substituents is 1. The molecule has 1 aromatic carbocycles. The highest BCUT2D eigenvalue weighted by atomic mass is 16.6. The second-order valence-electron chi connectivity index (χ2n) is 3.21. The number of hydrogen-bond donors (Lipinski definition) is 0. The summed E-state index contributed by atoms with van der Waals surface area (Å²) in [5.74, 6) is 0. The molecule has 0 saturated carbocycles. The highest BCUT2D eigenvalue weighted by Gasteiger charge is 2.04. The van der Waals surface area contributed by atoms with Crippen LogP contribution in [0, 0.1) is 16.5 Å². The molecule has 1 aromatic rings. The fourth-order valence-electron chi connectivity index (χ4n) is 1.27. The van der Waals surface area contributed by atoms with Crippen LogP contribution in [0.3, 0.4) is 0 Å². The van der Waals surface area contributed by atoms with E-state index in [1.165, 1.54) is 6.07 Å². The lowest BCUT2D eigenvalue weighted by Crippen LogP contribution is -1.91. The number of nitro groups is 1. The van der Waals surface area contributed by atoms with Gasteiger partial charge in [-0.25, -0.2) is 0 Å². The van der Waals surface area contributed by atoms with Crippen molar-refractivity contribution < 1.29 is 4.92 Å². The maximum atomic E-state index is 10.5. The van der Waals surface area contributed by atoms with Crippen molar-refractivity contribution in [3.05, 3.63) is 46.4 Å². The Morgan fingerprint density at radius 3 is 2.93 bits per heavy atom. The Labute approximate surface area is 83.9 Å². The van der Waals surface area contributed by atoms with Crippen molar-refractivity contribution in [1.82, 2.24) is 0 Å². The first-order valence-electron chi connectivity index (χ1n) is 4.79. The summed E-state index contributed by atoms with van der Waals surface area (Å²) in [6.45, 7) is 2.12. The largest absolute Gasteiger partial charge is 0.269 e. The Kier molecular flexibility index (Phi) is 4.11. The molecular formula is C11H14NO2. The van der Waals surface area contributed by atoms with Crippen LogP contribution in [0.15, 0.2) is 24.3 Å². The third kappa shape index (κ3) is 3.17. The van der Waals surface area contributed by atoms with Gasteiger partial charge in [0.25, 0.3) is 5.69 Å². The lowest BCUT2D eigenvalue weighted by atomic mass is 10.1. The van der Waals surface area contributed by atoms with Gasteiger partial charge in [-0.2, -0.15) is 0 Å². The van der Waals surface area contributed by atoms with Gasteiger partial charge in [0.2, 0.25) is 0 Å². The predicted molar refractivity (Wildman–Crippen MR) is 56.0 cm³/mol. The van der Waals surface area contributed by atoms with Crippen LogP contribution in [0.4, 0.5) is 5.69 Å². The van der Waals surface area contributed by atoms with E-state index < -0.39 is 0 Å². The number of benzene rings is 1. The maximum Gasteiger partial charge on any atom is 0.269 e. The third-order valence-corrected chi connectivity index (χ3v) is 1.99. The summed E-state index contributed by atoms with van der Waals surface area (Å²) in [6, 6.07) is 6.79. The molecule has 0 N–H and O–H groups in total. The number of nitrogens with zero attached hydrogens (tertiary/aromatic N) is 1. The molecule has 1 radical (unpaired) electrons. The zero-order valence-electron chi connectivity index (χ0n) is 8.27. The van der Waals surface area contributed by atoms with E-state index in [4.69, 9.17) is 0 Å². The summed E-state index contributed by atoms with van der Waals surface area (Å²) in [5.41, 5.74) is 1.18. The fourth-order valence-corrected chi connectivity index (χ4v) is 1.27. The molecule has 0 saturated heterocycles. The summed E-state index contributed by atoms with van der Waals surface area (Å²) in [4.78, 5) is 10.1. The quantitative estimate of drug-likeness (QED) is 0.408. The Hall–Kier alpha value is -1.38. The molecule has 0 amide bonds. The zero-order valence-corrected chi connectivity index (χ0v) is 8.27. The Morgan fingerprint density at radius 2 is 2.29 bits per heavy atom. The minimum Gasteiger partial charge on any atom is -0.258 e. The number of non-ortho nitro benzene ring substituents is 1. The minimum atomic E-state index is -0.358. The summed E-state index contributed by atoms with van der Waals surface area (Å²) in [5, 5.41) is 10.5. The second-order valence-corrected chi connectivity index (χ2v) is 3.21. The normalized spacial score (nSPS) is 10.1. The molecule has 1 rings (SSSR count). The average Bonchev–Trinajstić information content (AvgIpc) is 2.19. The molecule has 0 aromatic heterocycles. The Balaban J connectivity index is 2.59. The first kappa shape index (κ1) is 10.7. The van der Waals surface area contributed by atoms with Crippen LogP contribution in [0.5, 0.6) is 0 Å². The van der Waals surface area contributed by atoms with E-state index in [0.717, 1.165) is 24.8 Å². The van der Waals surface area contributed by atoms with Crippen LogP contribution in [-0.4, -0.2) is 4.92 Å². The van der Waals surface area contributed by atoms with Crippen molar-refractivity contribution in [2.24, 2.45) is 0 Å². The van der Waals surface area contributed by atoms with E-state index in [0.29, 0.717) is 0 Å². The van der Waals surface area contributed by atoms with Crippen LogP contribution < -0.4 is 0 Å². The van der Waals surface area contributed by atoms with Gasteiger partial charge in [-0.3, -0.25) is 10.1 Å². The van der Waals surface area contributed by atoms with Crippen molar-refractivity contribution in [2.75, 3.05) is 0 Å². The van der Waals surface area contributed by atoms with Gasteiger partial charge >= 0.3 is 0 Å². The van der Waals surface area contributed by atoms with E-state index in [1.54, 1.807) is 12.1 Å². The van der Waals surface area contributed by atoms with Crippen LogP contribution in [0.1, 0.15) is 25.3 Å². The first-order valence-corrected chi connectivity index (χ1v) is 4.79. The highest BCUT2D eigenvalue weighted by molar-refractivity contribution is 5.34. The monoisotopic (exact) mass is 192 g/mol. The summed E-state index contributed by atoms with van der Waals surface area (Å²) in [7, 11) is 0.